The van der Waals surface area contributed by atoms with Crippen molar-refractivity contribution in [2.24, 2.45) is 9.98 Å². The molecule has 48 heavy (non-hydrogen) atoms. The number of hydrogen-bond acceptors (Lipinski definition) is 6. The summed E-state index contributed by atoms with van der Waals surface area (Å²) in [5, 5.41) is 23.0. The summed E-state index contributed by atoms with van der Waals surface area (Å²) in [5.41, 5.74) is 8.51. The number of rotatable bonds is 11. The summed E-state index contributed by atoms with van der Waals surface area (Å²) in [6.45, 7) is 14.4. The van der Waals surface area contributed by atoms with Crippen LogP contribution in [0.15, 0.2) is 106 Å². The molecule has 0 aliphatic rings. The van der Waals surface area contributed by atoms with Crippen molar-refractivity contribution >= 4 is 35.5 Å². The maximum atomic E-state index is 13.0. The Labute approximate surface area is 283 Å². The SMILES string of the molecule is CC(=O)/C(C=N[C@@H](c1ccccc1)[C@@H](N=C/C(C(C)=O)=C(\O)c1c(C)cc(C)cc1C)c1ccccc1)=C(\O)c1c(C)cc(C)cc1C. The molecule has 0 heterocycles. The molecule has 0 bridgehead atoms. The van der Waals surface area contributed by atoms with Crippen LogP contribution in [0.1, 0.15) is 81.6 Å². The highest BCUT2D eigenvalue weighted by Crippen LogP contribution is 2.36. The number of aliphatic hydroxyl groups excluding tert-OH is 2. The number of ketones is 2. The second-order valence-electron chi connectivity index (χ2n) is 12.5. The fourth-order valence-corrected chi connectivity index (χ4v) is 6.32. The zero-order valence-electron chi connectivity index (χ0n) is 29.0. The Morgan fingerprint density at radius 2 is 0.833 bits per heavy atom. The molecule has 4 aromatic rings. The van der Waals surface area contributed by atoms with Crippen LogP contribution >= 0.6 is 0 Å². The lowest BCUT2D eigenvalue weighted by Crippen LogP contribution is -2.12. The third-order valence-electron chi connectivity index (χ3n) is 8.41. The van der Waals surface area contributed by atoms with Crippen molar-refractivity contribution in [3.8, 4) is 0 Å². The van der Waals surface area contributed by atoms with Crippen LogP contribution in [0.2, 0.25) is 0 Å². The van der Waals surface area contributed by atoms with Gasteiger partial charge in [-0.05, 0) is 88.8 Å². The normalized spacial score (nSPS) is 14.1. The minimum absolute atomic E-state index is 0.0778. The summed E-state index contributed by atoms with van der Waals surface area (Å²) in [6.07, 6.45) is 2.86. The van der Waals surface area contributed by atoms with E-state index in [1.54, 1.807) is 0 Å². The quantitative estimate of drug-likeness (QED) is 0.0969. The largest absolute Gasteiger partial charge is 0.506 e. The topological polar surface area (TPSA) is 99.3 Å². The van der Waals surface area contributed by atoms with E-state index in [4.69, 9.17) is 9.98 Å². The standard InChI is InChI=1S/C42H44N2O4/c1-25-19-27(3)37(28(4)20-25)41(47)35(31(7)45)23-43-39(33-15-11-9-12-16-33)40(34-17-13-10-14-18-34)44-24-36(32(8)46)42(48)38-29(5)21-26(2)22-30(38)6/h9-24,39-40,47-48H,1-8H3/b41-35-,42-36+,43-23?,44-24?/t39-,40-/m0/s1. The molecule has 0 aliphatic carbocycles. The Hall–Kier alpha value is -5.36. The van der Waals surface area contributed by atoms with Crippen LogP contribution in [-0.2, 0) is 9.59 Å². The highest BCUT2D eigenvalue weighted by molar-refractivity contribution is 6.18. The van der Waals surface area contributed by atoms with E-state index in [2.05, 4.69) is 0 Å². The average Bonchev–Trinajstić information content (AvgIpc) is 3.01. The van der Waals surface area contributed by atoms with Gasteiger partial charge in [-0.2, -0.15) is 0 Å². The van der Waals surface area contributed by atoms with E-state index in [9.17, 15) is 19.8 Å². The fraction of sp³-hybridized carbons (Fsp3) is 0.238. The number of nitrogens with zero attached hydrogens (tertiary/aromatic N) is 2. The number of hydrogen-bond donors (Lipinski definition) is 2. The Morgan fingerprint density at radius 3 is 1.10 bits per heavy atom. The van der Waals surface area contributed by atoms with E-state index >= 15 is 0 Å². The summed E-state index contributed by atoms with van der Waals surface area (Å²) in [7, 11) is 0. The molecule has 0 aliphatic heterocycles. The van der Waals surface area contributed by atoms with Gasteiger partial charge in [0.2, 0.25) is 0 Å². The Kier molecular flexibility index (Phi) is 11.5. The second kappa shape index (κ2) is 15.5. The van der Waals surface area contributed by atoms with Gasteiger partial charge in [-0.15, -0.1) is 0 Å². The molecule has 2 atom stereocenters. The number of benzene rings is 4. The van der Waals surface area contributed by atoms with Crippen molar-refractivity contribution < 1.29 is 19.8 Å². The van der Waals surface area contributed by atoms with Crippen LogP contribution in [0.4, 0.5) is 0 Å². The van der Waals surface area contributed by atoms with E-state index in [1.165, 1.54) is 26.3 Å². The van der Waals surface area contributed by atoms with Crippen LogP contribution in [0.5, 0.6) is 0 Å². The van der Waals surface area contributed by atoms with Crippen molar-refractivity contribution in [3.05, 3.63) is 152 Å². The molecule has 0 saturated carbocycles. The van der Waals surface area contributed by atoms with Gasteiger partial charge >= 0.3 is 0 Å². The van der Waals surface area contributed by atoms with Crippen molar-refractivity contribution in [2.75, 3.05) is 0 Å². The predicted molar refractivity (Wildman–Crippen MR) is 197 cm³/mol. The summed E-state index contributed by atoms with van der Waals surface area (Å²) in [6, 6.07) is 25.7. The van der Waals surface area contributed by atoms with Gasteiger partial charge in [0.25, 0.3) is 0 Å². The maximum Gasteiger partial charge on any atom is 0.165 e. The fourth-order valence-electron chi connectivity index (χ4n) is 6.32. The number of allylic oxidation sites excluding steroid dienone is 2. The zero-order chi connectivity index (χ0) is 35.1. The number of aliphatic imine (C=N–C) groups is 2. The Bertz CT molecular complexity index is 1760. The van der Waals surface area contributed by atoms with Crippen LogP contribution in [-0.4, -0.2) is 34.2 Å². The second-order valence-corrected chi connectivity index (χ2v) is 12.5. The van der Waals surface area contributed by atoms with Crippen molar-refractivity contribution in [3.63, 3.8) is 0 Å². The van der Waals surface area contributed by atoms with Crippen LogP contribution in [0.25, 0.3) is 11.5 Å². The first-order valence-electron chi connectivity index (χ1n) is 16.0. The monoisotopic (exact) mass is 640 g/mol. The number of Topliss-reactive ketones (excluding diaryl/α,β-unsaturated/α-hetero) is 2. The molecule has 4 rings (SSSR count). The van der Waals surface area contributed by atoms with Gasteiger partial charge < -0.3 is 10.2 Å². The minimum Gasteiger partial charge on any atom is -0.506 e. The van der Waals surface area contributed by atoms with Gasteiger partial charge in [-0.1, -0.05) is 96.1 Å². The Morgan fingerprint density at radius 1 is 0.542 bits per heavy atom. The highest BCUT2D eigenvalue weighted by Gasteiger charge is 2.25. The first kappa shape index (κ1) is 35.5. The molecular weight excluding hydrogens is 596 g/mol. The van der Waals surface area contributed by atoms with Crippen molar-refractivity contribution in [1.29, 1.82) is 0 Å². The van der Waals surface area contributed by atoms with Gasteiger partial charge in [0.1, 0.15) is 23.6 Å². The van der Waals surface area contributed by atoms with E-state index in [0.717, 1.165) is 44.5 Å². The van der Waals surface area contributed by atoms with Crippen LogP contribution in [0, 0.1) is 41.5 Å². The lowest BCUT2D eigenvalue weighted by Gasteiger charge is -2.22. The molecule has 0 unspecified atom stereocenters. The first-order chi connectivity index (χ1) is 22.8. The number of aryl methyl sites for hydroxylation is 6. The van der Waals surface area contributed by atoms with Crippen molar-refractivity contribution in [2.45, 2.75) is 67.5 Å². The van der Waals surface area contributed by atoms with E-state index in [1.807, 2.05) is 126 Å². The molecule has 2 N–H and O–H groups in total. The third kappa shape index (κ3) is 8.13. The summed E-state index contributed by atoms with van der Waals surface area (Å²) >= 11 is 0. The molecule has 246 valence electrons. The molecule has 0 radical (unpaired) electrons. The lowest BCUT2D eigenvalue weighted by molar-refractivity contribution is -0.114. The third-order valence-corrected chi connectivity index (χ3v) is 8.41. The molecule has 6 nitrogen and oxygen atoms in total. The molecule has 0 aromatic heterocycles. The van der Waals surface area contributed by atoms with Gasteiger partial charge in [0.15, 0.2) is 11.6 Å². The molecule has 6 heteroatoms. The van der Waals surface area contributed by atoms with Gasteiger partial charge in [-0.3, -0.25) is 19.6 Å². The van der Waals surface area contributed by atoms with Crippen LogP contribution < -0.4 is 0 Å². The average molecular weight is 641 g/mol. The maximum absolute atomic E-state index is 13.0. The molecular formula is C42H44N2O4. The zero-order valence-corrected chi connectivity index (χ0v) is 29.0. The van der Waals surface area contributed by atoms with Gasteiger partial charge in [0, 0.05) is 23.6 Å². The molecule has 0 amide bonds. The lowest BCUT2D eigenvalue weighted by atomic mass is 9.93. The number of carbonyl (C=O) groups excluding carboxylic acids is 2. The summed E-state index contributed by atoms with van der Waals surface area (Å²) in [5.74, 6) is -0.942. The first-order valence-corrected chi connectivity index (χ1v) is 16.0. The molecule has 4 aromatic carbocycles. The number of aliphatic hydroxyl groups is 2. The summed E-state index contributed by atoms with van der Waals surface area (Å²) in [4.78, 5) is 35.9. The smallest absolute Gasteiger partial charge is 0.165 e. The molecule has 0 saturated heterocycles. The van der Waals surface area contributed by atoms with E-state index in [-0.39, 0.29) is 34.2 Å². The Balaban J connectivity index is 1.93. The van der Waals surface area contributed by atoms with Crippen molar-refractivity contribution in [1.82, 2.24) is 0 Å². The molecule has 0 spiro atoms. The van der Waals surface area contributed by atoms with E-state index in [0.29, 0.717) is 11.1 Å². The summed E-state index contributed by atoms with van der Waals surface area (Å²) < 4.78 is 0. The number of carbonyl (C=O) groups is 2. The van der Waals surface area contributed by atoms with Gasteiger partial charge in [0.05, 0.1) is 11.1 Å². The minimum atomic E-state index is -0.662. The van der Waals surface area contributed by atoms with Crippen LogP contribution in [0.3, 0.4) is 0 Å². The highest BCUT2D eigenvalue weighted by atomic mass is 16.3. The molecule has 0 fully saturated rings. The van der Waals surface area contributed by atoms with E-state index < -0.39 is 12.1 Å². The predicted octanol–water partition coefficient (Wildman–Crippen LogP) is 9.58. The van der Waals surface area contributed by atoms with Gasteiger partial charge in [-0.25, -0.2) is 0 Å².